The van der Waals surface area contributed by atoms with Gasteiger partial charge >= 0.3 is 6.18 Å². The molecule has 0 aromatic carbocycles. The van der Waals surface area contributed by atoms with Gasteiger partial charge in [0.1, 0.15) is 17.9 Å². The molecule has 0 spiro atoms. The molecule has 0 fully saturated rings. The van der Waals surface area contributed by atoms with E-state index < -0.39 is 30.5 Å². The second-order valence-corrected chi connectivity index (χ2v) is 9.23. The molecule has 0 aromatic heterocycles. The Bertz CT molecular complexity index is 154. The fraction of sp³-hybridized carbons (Fsp3) is 1.00. The molecular weight excluding hydrogens is 225 g/mol. The maximum absolute atomic E-state index is 11.9. The van der Waals surface area contributed by atoms with Gasteiger partial charge in [0, 0.05) is 6.42 Å². The van der Waals surface area contributed by atoms with Gasteiger partial charge in [0.05, 0.1) is 0 Å². The molecule has 0 aliphatic heterocycles. The lowest BCUT2D eigenvalue weighted by molar-refractivity contribution is -0.130. The van der Waals surface area contributed by atoms with Gasteiger partial charge in [0.2, 0.25) is 0 Å². The Morgan fingerprint density at radius 2 is 1.71 bits per heavy atom. The summed E-state index contributed by atoms with van der Waals surface area (Å²) in [6.45, 7) is 4.07. The van der Waals surface area contributed by atoms with Crippen molar-refractivity contribution in [2.75, 3.05) is 13.2 Å². The van der Waals surface area contributed by atoms with Crippen molar-refractivity contribution in [2.45, 2.75) is 31.7 Å². The van der Waals surface area contributed by atoms with Crippen LogP contribution in [0.25, 0.3) is 0 Å². The number of hydrogen-bond donors (Lipinski definition) is 2. The maximum atomic E-state index is 11.9. The van der Waals surface area contributed by atoms with E-state index in [-0.39, 0.29) is 0 Å². The van der Waals surface area contributed by atoms with Gasteiger partial charge in [-0.25, -0.2) is 0 Å². The first-order chi connectivity index (χ1) is 6.35. The van der Waals surface area contributed by atoms with Crippen LogP contribution >= 0.6 is 0 Å². The van der Waals surface area contributed by atoms with Crippen LogP contribution in [-0.4, -0.2) is 37.3 Å². The summed E-state index contributed by atoms with van der Waals surface area (Å²) in [5.74, 6) is 0. The molecule has 2 atom stereocenters. The third kappa shape index (κ3) is 8.73. The van der Waals surface area contributed by atoms with Crippen LogP contribution < -0.4 is 9.96 Å². The van der Waals surface area contributed by atoms with Crippen molar-refractivity contribution in [1.29, 1.82) is 0 Å². The molecular formula is C7H19F3N2Si2. The van der Waals surface area contributed by atoms with Crippen molar-refractivity contribution < 1.29 is 13.2 Å². The third-order valence-electron chi connectivity index (χ3n) is 2.13. The molecule has 7 heteroatoms. The van der Waals surface area contributed by atoms with E-state index >= 15 is 0 Å². The maximum Gasteiger partial charge on any atom is 0.388 e. The van der Waals surface area contributed by atoms with Crippen LogP contribution in [0.1, 0.15) is 6.42 Å². The Labute approximate surface area is 86.6 Å². The first-order valence-electron chi connectivity index (χ1n) is 4.82. The van der Waals surface area contributed by atoms with Crippen LogP contribution in [0.2, 0.25) is 19.1 Å². The van der Waals surface area contributed by atoms with Crippen molar-refractivity contribution in [3.63, 3.8) is 0 Å². The Morgan fingerprint density at radius 1 is 1.14 bits per heavy atom. The molecule has 0 saturated carbocycles. The molecule has 0 rings (SSSR count). The van der Waals surface area contributed by atoms with Gasteiger partial charge in [-0.1, -0.05) is 13.1 Å². The highest BCUT2D eigenvalue weighted by molar-refractivity contribution is 6.59. The van der Waals surface area contributed by atoms with Crippen molar-refractivity contribution in [3.8, 4) is 0 Å². The summed E-state index contributed by atoms with van der Waals surface area (Å²) in [6, 6.07) is 0.300. The van der Waals surface area contributed by atoms with Gasteiger partial charge in [0.15, 0.2) is 0 Å². The zero-order chi connectivity index (χ0) is 11.2. The van der Waals surface area contributed by atoms with Gasteiger partial charge in [-0.15, -0.1) is 0 Å². The molecule has 86 valence electrons. The Hall–Kier alpha value is 0.144. The topological polar surface area (TPSA) is 24.1 Å². The zero-order valence-corrected chi connectivity index (χ0v) is 11.2. The van der Waals surface area contributed by atoms with E-state index in [1.165, 1.54) is 0 Å². The van der Waals surface area contributed by atoms with Crippen LogP contribution in [0.4, 0.5) is 13.2 Å². The quantitative estimate of drug-likeness (QED) is 0.681. The molecule has 2 nitrogen and oxygen atoms in total. The van der Waals surface area contributed by atoms with Crippen LogP contribution in [0.5, 0.6) is 0 Å². The van der Waals surface area contributed by atoms with Gasteiger partial charge < -0.3 is 9.96 Å². The fourth-order valence-corrected chi connectivity index (χ4v) is 5.15. The second kappa shape index (κ2) is 6.59. The Kier molecular flexibility index (Phi) is 6.66. The molecule has 0 saturated heterocycles. The molecule has 14 heavy (non-hydrogen) atoms. The Balaban J connectivity index is 3.51. The average molecular weight is 244 g/mol. The zero-order valence-electron chi connectivity index (χ0n) is 8.91. The first-order valence-corrected chi connectivity index (χ1v) is 9.92. The number of hydrogen-bond acceptors (Lipinski definition) is 2. The van der Waals surface area contributed by atoms with Crippen LogP contribution in [0.15, 0.2) is 0 Å². The highest BCUT2D eigenvalue weighted by atomic mass is 28.3. The molecule has 0 amide bonds. The van der Waals surface area contributed by atoms with Crippen molar-refractivity contribution in [3.05, 3.63) is 0 Å². The highest BCUT2D eigenvalue weighted by Gasteiger charge is 2.27. The number of rotatable bonds is 6. The van der Waals surface area contributed by atoms with Crippen molar-refractivity contribution in [2.24, 2.45) is 0 Å². The summed E-state index contributed by atoms with van der Waals surface area (Å²) in [6.07, 6.45) is -3.74. The molecule has 0 aromatic rings. The summed E-state index contributed by atoms with van der Waals surface area (Å²) in [5.41, 5.74) is 0. The van der Waals surface area contributed by atoms with Gasteiger partial charge in [-0.05, 0) is 19.3 Å². The minimum atomic E-state index is -3.99. The summed E-state index contributed by atoms with van der Waals surface area (Å²) in [5, 5.41) is 0. The molecule has 0 aliphatic rings. The second-order valence-electron chi connectivity index (χ2n) is 3.65. The summed E-state index contributed by atoms with van der Waals surface area (Å²) in [4.78, 5) is 6.41. The first kappa shape index (κ1) is 14.1. The monoisotopic (exact) mass is 244 g/mol. The lowest BCUT2D eigenvalue weighted by Gasteiger charge is -2.15. The SMILES string of the molecule is CN[SiH](C)CN[SiH](C)CCC(F)(F)F. The average Bonchev–Trinajstić information content (AvgIpc) is 2.09. The Morgan fingerprint density at radius 3 is 2.14 bits per heavy atom. The third-order valence-corrected chi connectivity index (χ3v) is 6.52. The lowest BCUT2D eigenvalue weighted by atomic mass is 10.5. The van der Waals surface area contributed by atoms with E-state index in [0.29, 0.717) is 6.04 Å². The van der Waals surface area contributed by atoms with Crippen LogP contribution in [-0.2, 0) is 0 Å². The fourth-order valence-electron chi connectivity index (χ4n) is 0.962. The standard InChI is InChI=1S/C7H19F3N2Si2/c1-11-14(3)6-12-13(2)5-4-7(8,9)10/h11-14H,4-6H2,1-3H3. The van der Waals surface area contributed by atoms with E-state index in [1.54, 1.807) is 0 Å². The minimum absolute atomic E-state index is 0.300. The van der Waals surface area contributed by atoms with E-state index in [9.17, 15) is 13.2 Å². The molecule has 0 aliphatic carbocycles. The van der Waals surface area contributed by atoms with Crippen molar-refractivity contribution >= 4 is 17.9 Å². The summed E-state index contributed by atoms with van der Waals surface area (Å²) < 4.78 is 35.6. The smallest absolute Gasteiger partial charge is 0.342 e. The number of nitrogens with one attached hydrogen (secondary N) is 2. The molecule has 0 bridgehead atoms. The largest absolute Gasteiger partial charge is 0.388 e. The molecule has 0 radical (unpaired) electrons. The van der Waals surface area contributed by atoms with Crippen molar-refractivity contribution in [1.82, 2.24) is 9.96 Å². The predicted octanol–water partition coefficient (Wildman–Crippen LogP) is 0.994. The predicted molar refractivity (Wildman–Crippen MR) is 58.6 cm³/mol. The van der Waals surface area contributed by atoms with E-state index in [1.807, 2.05) is 13.6 Å². The van der Waals surface area contributed by atoms with Gasteiger partial charge in [-0.3, -0.25) is 0 Å². The molecule has 0 heterocycles. The van der Waals surface area contributed by atoms with E-state index in [4.69, 9.17) is 0 Å². The van der Waals surface area contributed by atoms with Crippen LogP contribution in [0, 0.1) is 0 Å². The van der Waals surface area contributed by atoms with E-state index in [2.05, 4.69) is 16.5 Å². The lowest BCUT2D eigenvalue weighted by Crippen LogP contribution is -2.44. The summed E-state index contributed by atoms with van der Waals surface area (Å²) >= 11 is 0. The minimum Gasteiger partial charge on any atom is -0.342 e. The highest BCUT2D eigenvalue weighted by Crippen LogP contribution is 2.22. The number of alkyl halides is 3. The molecule has 2 N–H and O–H groups in total. The normalized spacial score (nSPS) is 16.7. The number of halogens is 3. The molecule has 2 unspecified atom stereocenters. The van der Waals surface area contributed by atoms with Crippen LogP contribution in [0.3, 0.4) is 0 Å². The van der Waals surface area contributed by atoms with Gasteiger partial charge in [-0.2, -0.15) is 13.2 Å². The summed E-state index contributed by atoms with van der Waals surface area (Å²) in [7, 11) is -0.356. The van der Waals surface area contributed by atoms with E-state index in [0.717, 1.165) is 6.17 Å². The van der Waals surface area contributed by atoms with Gasteiger partial charge in [0.25, 0.3) is 0 Å².